The predicted molar refractivity (Wildman–Crippen MR) is 76.8 cm³/mol. The van der Waals surface area contributed by atoms with Crippen LogP contribution in [0.5, 0.6) is 11.5 Å². The van der Waals surface area contributed by atoms with Crippen molar-refractivity contribution in [3.8, 4) is 22.6 Å². The molecule has 0 amide bonds. The summed E-state index contributed by atoms with van der Waals surface area (Å²) in [6, 6.07) is 6.34. The average Bonchev–Trinajstić information content (AvgIpc) is 2.55. The van der Waals surface area contributed by atoms with E-state index in [9.17, 15) is 13.2 Å². The van der Waals surface area contributed by atoms with Gasteiger partial charge in [-0.1, -0.05) is 6.07 Å². The quantitative estimate of drug-likeness (QED) is 0.726. The Labute approximate surface area is 131 Å². The molecule has 124 valence electrons. The highest BCUT2D eigenvalue weighted by Gasteiger charge is 2.17. The maximum absolute atomic E-state index is 14.1. The van der Waals surface area contributed by atoms with Gasteiger partial charge in [0.15, 0.2) is 36.7 Å². The number of rotatable bonds is 7. The molecule has 0 aliphatic heterocycles. The molecule has 0 heterocycles. The minimum absolute atomic E-state index is 0.0449. The summed E-state index contributed by atoms with van der Waals surface area (Å²) in [5.74, 6) is -3.34. The zero-order chi connectivity index (χ0) is 16.8. The van der Waals surface area contributed by atoms with Crippen LogP contribution in [0, 0.1) is 17.5 Å². The molecule has 2 rings (SSSR count). The molecular weight excluding hydrogens is 313 g/mol. The van der Waals surface area contributed by atoms with Crippen LogP contribution >= 0.6 is 0 Å². The summed E-state index contributed by atoms with van der Waals surface area (Å²) in [6.07, 6.45) is 0. The molecule has 0 aromatic heterocycles. The van der Waals surface area contributed by atoms with Crippen molar-refractivity contribution in [2.45, 2.75) is 0 Å². The summed E-state index contributed by atoms with van der Waals surface area (Å²) in [4.78, 5) is 0. The lowest BCUT2D eigenvalue weighted by Gasteiger charge is -2.11. The number of hydrogen-bond donors (Lipinski definition) is 0. The van der Waals surface area contributed by atoms with Crippen molar-refractivity contribution >= 4 is 0 Å². The molecule has 23 heavy (non-hydrogen) atoms. The fourth-order valence-electron chi connectivity index (χ4n) is 1.90. The maximum atomic E-state index is 14.1. The zero-order valence-electron chi connectivity index (χ0n) is 12.6. The van der Waals surface area contributed by atoms with E-state index in [-0.39, 0.29) is 36.2 Å². The molecule has 0 aliphatic carbocycles. The van der Waals surface area contributed by atoms with Crippen molar-refractivity contribution in [3.63, 3.8) is 0 Å². The first-order valence-corrected chi connectivity index (χ1v) is 6.60. The van der Waals surface area contributed by atoms with Crippen molar-refractivity contribution in [2.75, 3.05) is 27.8 Å². The minimum atomic E-state index is -1.17. The molecule has 0 N–H and O–H groups in total. The third kappa shape index (κ3) is 3.94. The van der Waals surface area contributed by atoms with Gasteiger partial charge in [-0.25, -0.2) is 8.78 Å². The summed E-state index contributed by atoms with van der Waals surface area (Å²) in [6.45, 7) is -0.333. The first kappa shape index (κ1) is 17.1. The molecule has 2 aromatic rings. The van der Waals surface area contributed by atoms with Crippen LogP contribution < -0.4 is 9.47 Å². The van der Waals surface area contributed by atoms with E-state index in [4.69, 9.17) is 9.47 Å². The summed E-state index contributed by atoms with van der Waals surface area (Å²) < 4.78 is 61.2. The van der Waals surface area contributed by atoms with E-state index in [2.05, 4.69) is 9.47 Å². The molecule has 0 bridgehead atoms. The van der Waals surface area contributed by atoms with Crippen LogP contribution in [0.15, 0.2) is 30.3 Å². The lowest BCUT2D eigenvalue weighted by Crippen LogP contribution is -2.03. The van der Waals surface area contributed by atoms with Crippen molar-refractivity contribution < 1.29 is 32.1 Å². The summed E-state index contributed by atoms with van der Waals surface area (Å²) in [5, 5.41) is 0. The van der Waals surface area contributed by atoms with E-state index < -0.39 is 17.5 Å². The van der Waals surface area contributed by atoms with Gasteiger partial charge in [-0.15, -0.1) is 0 Å². The molecule has 0 saturated carbocycles. The Morgan fingerprint density at radius 2 is 1.39 bits per heavy atom. The Kier molecular flexibility index (Phi) is 5.84. The molecular formula is C16H15F3O4. The molecule has 0 unspecified atom stereocenters. The van der Waals surface area contributed by atoms with Gasteiger partial charge in [-0.3, -0.25) is 0 Å². The predicted octanol–water partition coefficient (Wildman–Crippen LogP) is 3.74. The van der Waals surface area contributed by atoms with Gasteiger partial charge in [0, 0.05) is 19.8 Å². The van der Waals surface area contributed by atoms with E-state index in [1.54, 1.807) is 0 Å². The van der Waals surface area contributed by atoms with Gasteiger partial charge >= 0.3 is 0 Å². The van der Waals surface area contributed by atoms with Gasteiger partial charge in [0.1, 0.15) is 0 Å². The second kappa shape index (κ2) is 7.85. The molecule has 7 heteroatoms. The summed E-state index contributed by atoms with van der Waals surface area (Å²) >= 11 is 0. The van der Waals surface area contributed by atoms with Crippen LogP contribution in [0.4, 0.5) is 13.2 Å². The van der Waals surface area contributed by atoms with Gasteiger partial charge < -0.3 is 18.9 Å². The molecule has 0 spiro atoms. The molecule has 0 atom stereocenters. The van der Waals surface area contributed by atoms with Crippen LogP contribution in [0.25, 0.3) is 11.1 Å². The second-order valence-electron chi connectivity index (χ2n) is 4.49. The van der Waals surface area contributed by atoms with Crippen molar-refractivity contribution in [3.05, 3.63) is 47.8 Å². The van der Waals surface area contributed by atoms with E-state index >= 15 is 0 Å². The third-order valence-corrected chi connectivity index (χ3v) is 2.95. The fraction of sp³-hybridized carbons (Fsp3) is 0.250. The number of ether oxygens (including phenoxy) is 4. The van der Waals surface area contributed by atoms with E-state index in [0.29, 0.717) is 0 Å². The van der Waals surface area contributed by atoms with Crippen molar-refractivity contribution in [2.24, 2.45) is 0 Å². The number of benzene rings is 2. The first-order chi connectivity index (χ1) is 11.1. The van der Waals surface area contributed by atoms with Crippen molar-refractivity contribution in [1.82, 2.24) is 0 Å². The highest BCUT2D eigenvalue weighted by Crippen LogP contribution is 2.32. The standard InChI is InChI=1S/C16H15F3O4/c1-20-8-22-13-5-3-10(7-12(13)17)11-4-6-14(23-9-21-2)16(19)15(11)18/h3-7H,8-9H2,1-2H3. The zero-order valence-corrected chi connectivity index (χ0v) is 12.6. The Balaban J connectivity index is 2.31. The van der Waals surface area contributed by atoms with Crippen LogP contribution in [-0.4, -0.2) is 27.8 Å². The largest absolute Gasteiger partial charge is 0.464 e. The summed E-state index contributed by atoms with van der Waals surface area (Å²) in [5.41, 5.74) is 0.0754. The highest BCUT2D eigenvalue weighted by molar-refractivity contribution is 5.66. The number of hydrogen-bond acceptors (Lipinski definition) is 4. The molecule has 0 saturated heterocycles. The average molecular weight is 328 g/mol. The molecule has 2 aromatic carbocycles. The summed E-state index contributed by atoms with van der Waals surface area (Å²) in [7, 11) is 2.76. The van der Waals surface area contributed by atoms with Crippen molar-refractivity contribution in [1.29, 1.82) is 0 Å². The van der Waals surface area contributed by atoms with Gasteiger partial charge in [0.2, 0.25) is 5.82 Å². The van der Waals surface area contributed by atoms with Gasteiger partial charge in [-0.2, -0.15) is 4.39 Å². The minimum Gasteiger partial charge on any atom is -0.464 e. The molecule has 0 radical (unpaired) electrons. The van der Waals surface area contributed by atoms with Gasteiger partial charge in [0.25, 0.3) is 0 Å². The Bertz CT molecular complexity index is 677. The van der Waals surface area contributed by atoms with Crippen LogP contribution in [0.3, 0.4) is 0 Å². The monoisotopic (exact) mass is 328 g/mol. The normalized spacial score (nSPS) is 10.7. The smallest absolute Gasteiger partial charge is 0.201 e. The SMILES string of the molecule is COCOc1ccc(-c2ccc(OCOC)c(F)c2F)cc1F. The Hall–Kier alpha value is -2.25. The Morgan fingerprint density at radius 1 is 0.783 bits per heavy atom. The van der Waals surface area contributed by atoms with E-state index in [0.717, 1.165) is 6.07 Å². The third-order valence-electron chi connectivity index (χ3n) is 2.95. The molecule has 4 nitrogen and oxygen atoms in total. The van der Waals surface area contributed by atoms with Crippen LogP contribution in [0.2, 0.25) is 0 Å². The first-order valence-electron chi connectivity index (χ1n) is 6.60. The van der Waals surface area contributed by atoms with Gasteiger partial charge in [-0.05, 0) is 29.8 Å². The van der Waals surface area contributed by atoms with Crippen LogP contribution in [0.1, 0.15) is 0 Å². The second-order valence-corrected chi connectivity index (χ2v) is 4.49. The van der Waals surface area contributed by atoms with E-state index in [1.165, 1.54) is 38.5 Å². The lowest BCUT2D eigenvalue weighted by atomic mass is 10.0. The van der Waals surface area contributed by atoms with Gasteiger partial charge in [0.05, 0.1) is 0 Å². The fourth-order valence-corrected chi connectivity index (χ4v) is 1.90. The molecule has 0 aliphatic rings. The van der Waals surface area contributed by atoms with E-state index in [1.807, 2.05) is 0 Å². The number of methoxy groups -OCH3 is 2. The maximum Gasteiger partial charge on any atom is 0.201 e. The lowest BCUT2D eigenvalue weighted by molar-refractivity contribution is 0.0477. The van der Waals surface area contributed by atoms with Crippen LogP contribution in [-0.2, 0) is 9.47 Å². The number of halogens is 3. The Morgan fingerprint density at radius 3 is 2.00 bits per heavy atom. The highest BCUT2D eigenvalue weighted by atomic mass is 19.2. The molecule has 0 fully saturated rings. The topological polar surface area (TPSA) is 36.9 Å².